The van der Waals surface area contributed by atoms with Gasteiger partial charge in [-0.15, -0.1) is 0 Å². The van der Waals surface area contributed by atoms with Gasteiger partial charge in [0.15, 0.2) is 5.16 Å². The molecule has 0 radical (unpaired) electrons. The first-order valence-electron chi connectivity index (χ1n) is 10.2. The van der Waals surface area contributed by atoms with Crippen LogP contribution in [0.4, 0.5) is 5.69 Å². The second-order valence-electron chi connectivity index (χ2n) is 7.59. The zero-order valence-corrected chi connectivity index (χ0v) is 17.7. The number of rotatable bonds is 7. The van der Waals surface area contributed by atoms with E-state index in [2.05, 4.69) is 34.3 Å². The Kier molecular flexibility index (Phi) is 5.76. The minimum absolute atomic E-state index is 0.0712. The van der Waals surface area contributed by atoms with Gasteiger partial charge in [-0.3, -0.25) is 14.2 Å². The number of H-pyrrole nitrogens is 1. The van der Waals surface area contributed by atoms with Gasteiger partial charge in [0.25, 0.3) is 5.56 Å². The smallest absolute Gasteiger partial charge is 0.278 e. The Morgan fingerprint density at radius 1 is 1.28 bits per heavy atom. The maximum absolute atomic E-state index is 12.9. The van der Waals surface area contributed by atoms with E-state index < -0.39 is 0 Å². The van der Waals surface area contributed by atoms with Gasteiger partial charge >= 0.3 is 0 Å². The lowest BCUT2D eigenvalue weighted by Crippen LogP contribution is -2.24. The van der Waals surface area contributed by atoms with E-state index in [1.807, 2.05) is 19.1 Å². The average molecular weight is 411 g/mol. The lowest BCUT2D eigenvalue weighted by Gasteiger charge is -2.12. The Morgan fingerprint density at radius 2 is 2.10 bits per heavy atom. The molecule has 2 aromatic heterocycles. The molecular formula is C22H26N4O2S. The molecule has 1 aromatic carbocycles. The number of carbonyl (C=O) groups excluding carboxylic acids is 1. The van der Waals surface area contributed by atoms with Crippen molar-refractivity contribution in [2.75, 3.05) is 11.1 Å². The van der Waals surface area contributed by atoms with Crippen molar-refractivity contribution in [3.05, 3.63) is 51.4 Å². The summed E-state index contributed by atoms with van der Waals surface area (Å²) in [5, 5.41) is 3.58. The number of carbonyl (C=O) groups is 1. The number of nitrogens with one attached hydrogen (secondary N) is 2. The number of fused-ring (bicyclic) bond motifs is 2. The number of aryl methyl sites for hydroxylation is 3. The fraction of sp³-hybridized carbons (Fsp3) is 0.409. The largest absolute Gasteiger partial charge is 0.353 e. The van der Waals surface area contributed by atoms with Crippen molar-refractivity contribution in [1.82, 2.24) is 14.5 Å². The van der Waals surface area contributed by atoms with Crippen LogP contribution in [-0.2, 0) is 24.2 Å². The second-order valence-corrected chi connectivity index (χ2v) is 8.53. The van der Waals surface area contributed by atoms with Crippen molar-refractivity contribution in [2.24, 2.45) is 0 Å². The molecule has 1 aliphatic carbocycles. The van der Waals surface area contributed by atoms with Crippen LogP contribution in [0.25, 0.3) is 11.0 Å². The number of hydrogen-bond acceptors (Lipinski definition) is 4. The van der Waals surface area contributed by atoms with Gasteiger partial charge in [-0.1, -0.05) is 31.2 Å². The summed E-state index contributed by atoms with van der Waals surface area (Å²) in [5.74, 6) is 0.125. The molecule has 7 heteroatoms. The lowest BCUT2D eigenvalue weighted by atomic mass is 10.1. The number of anilines is 1. The number of benzene rings is 1. The highest BCUT2D eigenvalue weighted by molar-refractivity contribution is 7.99. The molecule has 1 amide bonds. The summed E-state index contributed by atoms with van der Waals surface area (Å²) in [6, 6.07) is 8.03. The summed E-state index contributed by atoms with van der Waals surface area (Å²) < 4.78 is 1.69. The third-order valence-electron chi connectivity index (χ3n) is 5.29. The summed E-state index contributed by atoms with van der Waals surface area (Å²) in [5.41, 5.74) is 5.58. The maximum atomic E-state index is 12.9. The maximum Gasteiger partial charge on any atom is 0.278 e. The number of aromatic amines is 1. The van der Waals surface area contributed by atoms with Crippen LogP contribution < -0.4 is 10.9 Å². The van der Waals surface area contributed by atoms with E-state index in [1.165, 1.54) is 29.3 Å². The Morgan fingerprint density at radius 3 is 2.93 bits per heavy atom. The van der Waals surface area contributed by atoms with E-state index in [-0.39, 0.29) is 17.2 Å². The van der Waals surface area contributed by atoms with Crippen LogP contribution in [-0.4, -0.2) is 26.2 Å². The van der Waals surface area contributed by atoms with Crippen molar-refractivity contribution in [2.45, 2.75) is 57.7 Å². The van der Waals surface area contributed by atoms with Gasteiger partial charge < -0.3 is 10.3 Å². The van der Waals surface area contributed by atoms with E-state index in [1.54, 1.807) is 4.57 Å². The molecule has 0 fully saturated rings. The van der Waals surface area contributed by atoms with Crippen LogP contribution in [0.15, 0.2) is 34.2 Å². The summed E-state index contributed by atoms with van der Waals surface area (Å²) in [6.45, 7) is 4.60. The highest BCUT2D eigenvalue weighted by atomic mass is 32.2. The molecule has 0 saturated carbocycles. The number of aromatic nitrogens is 3. The first-order valence-corrected chi connectivity index (χ1v) is 11.2. The summed E-state index contributed by atoms with van der Waals surface area (Å²) >= 11 is 1.31. The molecule has 0 unspecified atom stereocenters. The zero-order chi connectivity index (χ0) is 20.4. The van der Waals surface area contributed by atoms with Crippen LogP contribution in [0.5, 0.6) is 0 Å². The molecule has 4 rings (SSSR count). The molecule has 2 N–H and O–H groups in total. The van der Waals surface area contributed by atoms with Gasteiger partial charge in [0.05, 0.1) is 11.3 Å². The summed E-state index contributed by atoms with van der Waals surface area (Å²) in [7, 11) is 0. The van der Waals surface area contributed by atoms with Crippen molar-refractivity contribution in [3.63, 3.8) is 0 Å². The molecule has 1 aliphatic rings. The van der Waals surface area contributed by atoms with Crippen LogP contribution in [0.2, 0.25) is 0 Å². The van der Waals surface area contributed by atoms with Crippen LogP contribution >= 0.6 is 11.8 Å². The van der Waals surface area contributed by atoms with E-state index in [9.17, 15) is 9.59 Å². The molecule has 0 spiro atoms. The highest BCUT2D eigenvalue weighted by Crippen LogP contribution is 2.25. The minimum atomic E-state index is -0.0883. The second kappa shape index (κ2) is 8.45. The average Bonchev–Trinajstić information content (AvgIpc) is 3.31. The van der Waals surface area contributed by atoms with Gasteiger partial charge in [0.2, 0.25) is 5.91 Å². The summed E-state index contributed by atoms with van der Waals surface area (Å²) in [6.07, 6.45) is 5.27. The van der Waals surface area contributed by atoms with E-state index in [4.69, 9.17) is 0 Å². The van der Waals surface area contributed by atoms with Crippen molar-refractivity contribution in [3.8, 4) is 0 Å². The van der Waals surface area contributed by atoms with Gasteiger partial charge in [-0.25, -0.2) is 4.98 Å². The van der Waals surface area contributed by atoms with Crippen molar-refractivity contribution >= 4 is 34.4 Å². The number of amides is 1. The van der Waals surface area contributed by atoms with E-state index >= 15 is 0 Å². The normalized spacial score (nSPS) is 13.0. The first kappa shape index (κ1) is 19.8. The molecule has 6 nitrogen and oxygen atoms in total. The fourth-order valence-corrected chi connectivity index (χ4v) is 4.64. The fourth-order valence-electron chi connectivity index (χ4n) is 3.81. The van der Waals surface area contributed by atoms with Gasteiger partial charge in [0, 0.05) is 17.9 Å². The van der Waals surface area contributed by atoms with Crippen LogP contribution in [0, 0.1) is 6.92 Å². The van der Waals surface area contributed by atoms with Crippen molar-refractivity contribution < 1.29 is 4.79 Å². The van der Waals surface area contributed by atoms with Gasteiger partial charge in [0.1, 0.15) is 5.52 Å². The monoisotopic (exact) mass is 410 g/mol. The molecule has 0 aliphatic heterocycles. The SMILES string of the molecule is CCCCn1c(SCC(=O)Nc2ccc3c(c2)CCC3)nc2cc(C)[nH]c2c1=O. The highest BCUT2D eigenvalue weighted by Gasteiger charge is 2.16. The van der Waals surface area contributed by atoms with Crippen LogP contribution in [0.3, 0.4) is 0 Å². The Hall–Kier alpha value is -2.54. The molecule has 2 heterocycles. The van der Waals surface area contributed by atoms with E-state index in [0.717, 1.165) is 37.1 Å². The summed E-state index contributed by atoms with van der Waals surface area (Å²) in [4.78, 5) is 33.2. The third-order valence-corrected chi connectivity index (χ3v) is 6.26. The Labute approximate surface area is 174 Å². The quantitative estimate of drug-likeness (QED) is 0.455. The first-order chi connectivity index (χ1) is 14.0. The predicted octanol–water partition coefficient (Wildman–Crippen LogP) is 4.05. The molecular weight excluding hydrogens is 384 g/mol. The minimum Gasteiger partial charge on any atom is -0.353 e. The molecule has 152 valence electrons. The van der Waals surface area contributed by atoms with E-state index in [0.29, 0.717) is 22.7 Å². The Bertz CT molecular complexity index is 1120. The lowest BCUT2D eigenvalue weighted by molar-refractivity contribution is -0.113. The number of hydrogen-bond donors (Lipinski definition) is 2. The standard InChI is InChI=1S/C22H26N4O2S/c1-3-4-10-26-21(28)20-18(11-14(2)23-20)25-22(26)29-13-19(27)24-17-9-8-15-6-5-7-16(15)12-17/h8-9,11-12,23H,3-7,10,13H2,1-2H3,(H,24,27). The third kappa shape index (κ3) is 4.24. The van der Waals surface area contributed by atoms with Crippen LogP contribution in [0.1, 0.15) is 43.0 Å². The Balaban J connectivity index is 1.50. The number of unbranched alkanes of at least 4 members (excludes halogenated alkanes) is 1. The van der Waals surface area contributed by atoms with Gasteiger partial charge in [-0.05, 0) is 61.9 Å². The number of thioether (sulfide) groups is 1. The molecule has 0 saturated heterocycles. The molecule has 29 heavy (non-hydrogen) atoms. The number of nitrogens with zero attached hydrogens (tertiary/aromatic N) is 2. The topological polar surface area (TPSA) is 79.8 Å². The van der Waals surface area contributed by atoms with Crippen molar-refractivity contribution in [1.29, 1.82) is 0 Å². The predicted molar refractivity (Wildman–Crippen MR) is 118 cm³/mol. The molecule has 3 aromatic rings. The zero-order valence-electron chi connectivity index (χ0n) is 16.9. The van der Waals surface area contributed by atoms with Gasteiger partial charge in [-0.2, -0.15) is 0 Å². The molecule has 0 atom stereocenters. The molecule has 0 bridgehead atoms.